The Labute approximate surface area is 201 Å². The van der Waals surface area contributed by atoms with Crippen LogP contribution in [0.4, 0.5) is 5.95 Å². The van der Waals surface area contributed by atoms with Gasteiger partial charge in [-0.1, -0.05) is 49.6 Å². The Morgan fingerprint density at radius 3 is 2.79 bits per heavy atom. The third-order valence-corrected chi connectivity index (χ3v) is 7.23. The molecule has 0 radical (unpaired) electrons. The zero-order valence-corrected chi connectivity index (χ0v) is 19.8. The Hall–Kier alpha value is -2.63. The van der Waals surface area contributed by atoms with Crippen LogP contribution < -0.4 is 10.6 Å². The monoisotopic (exact) mass is 461 g/mol. The molecule has 3 aliphatic rings. The summed E-state index contributed by atoms with van der Waals surface area (Å²) in [6.45, 7) is 6.45. The number of anilines is 1. The molecule has 2 aromatic rings. The van der Waals surface area contributed by atoms with Gasteiger partial charge in [0.05, 0.1) is 11.7 Å². The van der Waals surface area contributed by atoms with E-state index in [2.05, 4.69) is 57.6 Å². The highest BCUT2D eigenvalue weighted by Crippen LogP contribution is 2.38. The highest BCUT2D eigenvalue weighted by molar-refractivity contribution is 6.30. The normalized spacial score (nSPS) is 22.3. The van der Waals surface area contributed by atoms with Gasteiger partial charge in [0.25, 0.3) is 0 Å². The maximum Gasteiger partial charge on any atom is 0.223 e. The van der Waals surface area contributed by atoms with E-state index in [0.29, 0.717) is 12.0 Å². The number of benzene rings is 1. The van der Waals surface area contributed by atoms with Crippen molar-refractivity contribution < 1.29 is 0 Å². The molecule has 3 heterocycles. The van der Waals surface area contributed by atoms with E-state index in [0.717, 1.165) is 47.4 Å². The Balaban J connectivity index is 1.36. The lowest BCUT2D eigenvalue weighted by Gasteiger charge is -2.37. The maximum atomic E-state index is 6.35. The molecule has 1 saturated heterocycles. The summed E-state index contributed by atoms with van der Waals surface area (Å²) < 4.78 is 0. The predicted molar refractivity (Wildman–Crippen MR) is 136 cm³/mol. The van der Waals surface area contributed by atoms with Crippen molar-refractivity contribution in [3.05, 3.63) is 83.4 Å². The third kappa shape index (κ3) is 5.15. The largest absolute Gasteiger partial charge is 0.351 e. The molecule has 2 fully saturated rings. The summed E-state index contributed by atoms with van der Waals surface area (Å²) >= 11 is 6.35. The van der Waals surface area contributed by atoms with E-state index in [-0.39, 0.29) is 6.04 Å². The quantitative estimate of drug-likeness (QED) is 0.556. The van der Waals surface area contributed by atoms with Gasteiger partial charge in [-0.05, 0) is 67.6 Å². The van der Waals surface area contributed by atoms with Crippen molar-refractivity contribution in [2.24, 2.45) is 5.92 Å². The summed E-state index contributed by atoms with van der Waals surface area (Å²) in [6.07, 6.45) is 15.7. The van der Waals surface area contributed by atoms with E-state index in [9.17, 15) is 0 Å². The molecule has 1 aromatic carbocycles. The standard InChI is InChI=1S/C27H32ClN5/c1-19-16-20(25-11-14-30-27(32-25)31-24-8-3-2-4-9-24)12-15-33(19)26(22-10-13-29-18-22)21-6-5-7-23(28)17-21/h5-7,11-12,14-17,22,24,26,29H,1-4,8-10,13,18H2,(H,30,31,32). The first-order valence-electron chi connectivity index (χ1n) is 12.1. The van der Waals surface area contributed by atoms with E-state index >= 15 is 0 Å². The van der Waals surface area contributed by atoms with Gasteiger partial charge in [0.2, 0.25) is 5.95 Å². The smallest absolute Gasteiger partial charge is 0.223 e. The van der Waals surface area contributed by atoms with Crippen LogP contribution in [-0.4, -0.2) is 34.0 Å². The molecule has 1 aromatic heterocycles. The second-order valence-corrected chi connectivity index (χ2v) is 9.75. The molecule has 0 spiro atoms. The summed E-state index contributed by atoms with van der Waals surface area (Å²) in [5, 5.41) is 7.82. The molecule has 0 amide bonds. The molecule has 2 atom stereocenters. The lowest BCUT2D eigenvalue weighted by atomic mass is 9.89. The summed E-state index contributed by atoms with van der Waals surface area (Å²) in [6, 6.07) is 10.9. The number of allylic oxidation sites excluding steroid dienone is 3. The van der Waals surface area contributed by atoms with Gasteiger partial charge in [-0.25, -0.2) is 9.97 Å². The number of hydrogen-bond donors (Lipinski definition) is 2. The van der Waals surface area contributed by atoms with Crippen LogP contribution in [0.15, 0.2) is 67.2 Å². The first-order chi connectivity index (χ1) is 16.2. The van der Waals surface area contributed by atoms with E-state index in [1.54, 1.807) is 0 Å². The molecule has 33 heavy (non-hydrogen) atoms. The van der Waals surface area contributed by atoms with E-state index in [1.807, 2.05) is 24.4 Å². The molecule has 2 unspecified atom stereocenters. The topological polar surface area (TPSA) is 53.1 Å². The minimum Gasteiger partial charge on any atom is -0.351 e. The highest BCUT2D eigenvalue weighted by atomic mass is 35.5. The molecular formula is C27H32ClN5. The number of nitrogens with one attached hydrogen (secondary N) is 2. The van der Waals surface area contributed by atoms with Gasteiger partial charge < -0.3 is 15.5 Å². The fourth-order valence-corrected chi connectivity index (χ4v) is 5.50. The lowest BCUT2D eigenvalue weighted by Crippen LogP contribution is -2.31. The molecule has 5 rings (SSSR count). The summed E-state index contributed by atoms with van der Waals surface area (Å²) in [5.41, 5.74) is 4.16. The van der Waals surface area contributed by atoms with Gasteiger partial charge in [-0.3, -0.25) is 0 Å². The van der Waals surface area contributed by atoms with Gasteiger partial charge in [-0.2, -0.15) is 0 Å². The Kier molecular flexibility index (Phi) is 6.79. The Morgan fingerprint density at radius 2 is 2.03 bits per heavy atom. The molecule has 2 N–H and O–H groups in total. The van der Waals surface area contributed by atoms with Crippen LogP contribution in [0.5, 0.6) is 0 Å². The van der Waals surface area contributed by atoms with Crippen molar-refractivity contribution >= 4 is 23.1 Å². The zero-order valence-electron chi connectivity index (χ0n) is 19.0. The van der Waals surface area contributed by atoms with Crippen LogP contribution in [-0.2, 0) is 0 Å². The van der Waals surface area contributed by atoms with Gasteiger partial charge in [0.1, 0.15) is 0 Å². The average Bonchev–Trinajstić information content (AvgIpc) is 3.36. The predicted octanol–water partition coefficient (Wildman–Crippen LogP) is 5.95. The van der Waals surface area contributed by atoms with Gasteiger partial charge >= 0.3 is 0 Å². The summed E-state index contributed by atoms with van der Waals surface area (Å²) in [5.74, 6) is 1.21. The van der Waals surface area contributed by atoms with Crippen molar-refractivity contribution in [3.8, 4) is 0 Å². The molecular weight excluding hydrogens is 430 g/mol. The zero-order chi connectivity index (χ0) is 22.6. The minimum atomic E-state index is 0.189. The first-order valence-corrected chi connectivity index (χ1v) is 12.5. The van der Waals surface area contributed by atoms with Crippen molar-refractivity contribution in [2.75, 3.05) is 18.4 Å². The Morgan fingerprint density at radius 1 is 1.15 bits per heavy atom. The highest BCUT2D eigenvalue weighted by Gasteiger charge is 2.32. The first kappa shape index (κ1) is 22.2. The molecule has 2 aliphatic heterocycles. The van der Waals surface area contributed by atoms with Crippen molar-refractivity contribution in [2.45, 2.75) is 50.6 Å². The Bertz CT molecular complexity index is 1050. The molecule has 6 heteroatoms. The molecule has 5 nitrogen and oxygen atoms in total. The number of aromatic nitrogens is 2. The fraction of sp³-hybridized carbons (Fsp3) is 0.407. The van der Waals surface area contributed by atoms with E-state index in [1.165, 1.54) is 37.7 Å². The number of hydrogen-bond acceptors (Lipinski definition) is 5. The maximum absolute atomic E-state index is 6.35. The second-order valence-electron chi connectivity index (χ2n) is 9.31. The van der Waals surface area contributed by atoms with Crippen LogP contribution in [0.1, 0.15) is 55.8 Å². The van der Waals surface area contributed by atoms with E-state index < -0.39 is 0 Å². The molecule has 1 aliphatic carbocycles. The van der Waals surface area contributed by atoms with Crippen LogP contribution in [0.3, 0.4) is 0 Å². The van der Waals surface area contributed by atoms with Crippen LogP contribution in [0.2, 0.25) is 5.02 Å². The van der Waals surface area contributed by atoms with Gasteiger partial charge in [-0.15, -0.1) is 0 Å². The lowest BCUT2D eigenvalue weighted by molar-refractivity contribution is 0.262. The fourth-order valence-electron chi connectivity index (χ4n) is 5.30. The molecule has 1 saturated carbocycles. The summed E-state index contributed by atoms with van der Waals surface area (Å²) in [7, 11) is 0. The summed E-state index contributed by atoms with van der Waals surface area (Å²) in [4.78, 5) is 11.6. The van der Waals surface area contributed by atoms with Crippen LogP contribution in [0.25, 0.3) is 5.57 Å². The van der Waals surface area contributed by atoms with E-state index in [4.69, 9.17) is 16.6 Å². The third-order valence-electron chi connectivity index (χ3n) is 6.99. The van der Waals surface area contributed by atoms with Gasteiger partial charge in [0, 0.05) is 41.3 Å². The van der Waals surface area contributed by atoms with Gasteiger partial charge in [0.15, 0.2) is 0 Å². The second kappa shape index (κ2) is 10.1. The van der Waals surface area contributed by atoms with Crippen molar-refractivity contribution in [1.82, 2.24) is 20.2 Å². The van der Waals surface area contributed by atoms with Crippen molar-refractivity contribution in [1.29, 1.82) is 0 Å². The SMILES string of the molecule is C=C1C=C(c2ccnc(NC3CCCCC3)n2)C=CN1C(c1cccc(Cl)c1)C1CCNC1. The van der Waals surface area contributed by atoms with Crippen LogP contribution >= 0.6 is 11.6 Å². The minimum absolute atomic E-state index is 0.189. The molecule has 0 bridgehead atoms. The number of halogens is 1. The number of nitrogens with zero attached hydrogens (tertiary/aromatic N) is 3. The molecule has 172 valence electrons. The number of rotatable bonds is 6. The average molecular weight is 462 g/mol. The van der Waals surface area contributed by atoms with Crippen LogP contribution in [0, 0.1) is 5.92 Å². The van der Waals surface area contributed by atoms with Crippen molar-refractivity contribution in [3.63, 3.8) is 0 Å².